The highest BCUT2D eigenvalue weighted by molar-refractivity contribution is 7.90. The van der Waals surface area contributed by atoms with Gasteiger partial charge in [0.05, 0.1) is 16.0 Å². The zero-order valence-corrected chi connectivity index (χ0v) is 16.0. The highest BCUT2D eigenvalue weighted by atomic mass is 35.5. The van der Waals surface area contributed by atoms with E-state index in [2.05, 4.69) is 5.32 Å². The molecule has 0 unspecified atom stereocenters. The van der Waals surface area contributed by atoms with Gasteiger partial charge in [0.2, 0.25) is 0 Å². The number of nitrogens with one attached hydrogen (secondary N) is 1. The van der Waals surface area contributed by atoms with Crippen LogP contribution in [0.3, 0.4) is 0 Å². The third-order valence-corrected chi connectivity index (χ3v) is 6.10. The first-order chi connectivity index (χ1) is 11.2. The lowest BCUT2D eigenvalue weighted by molar-refractivity contribution is 0.0942. The second-order valence-corrected chi connectivity index (χ2v) is 8.99. The highest BCUT2D eigenvalue weighted by Gasteiger charge is 2.19. The van der Waals surface area contributed by atoms with Crippen LogP contribution in [0.2, 0.25) is 5.02 Å². The molecule has 1 aromatic heterocycles. The van der Waals surface area contributed by atoms with Gasteiger partial charge in [-0.15, -0.1) is 11.3 Å². The van der Waals surface area contributed by atoms with Crippen LogP contribution in [0.4, 0.5) is 0 Å². The Kier molecular flexibility index (Phi) is 6.03. The van der Waals surface area contributed by atoms with Crippen LogP contribution in [-0.4, -0.2) is 46.1 Å². The fraction of sp³-hybridized carbons (Fsp3) is 0.312. The molecule has 0 radical (unpaired) electrons. The van der Waals surface area contributed by atoms with Gasteiger partial charge in [0, 0.05) is 23.2 Å². The average molecular weight is 387 g/mol. The van der Waals surface area contributed by atoms with Gasteiger partial charge in [0.15, 0.2) is 9.84 Å². The van der Waals surface area contributed by atoms with Crippen LogP contribution >= 0.6 is 22.9 Å². The molecule has 1 heterocycles. The van der Waals surface area contributed by atoms with Crippen LogP contribution in [-0.2, 0) is 9.84 Å². The van der Waals surface area contributed by atoms with Crippen LogP contribution in [0.25, 0.3) is 0 Å². The molecule has 130 valence electrons. The highest BCUT2D eigenvalue weighted by Crippen LogP contribution is 2.24. The van der Waals surface area contributed by atoms with Crippen LogP contribution < -0.4 is 5.32 Å². The number of hydrogen-bond acceptors (Lipinski definition) is 5. The van der Waals surface area contributed by atoms with Gasteiger partial charge in [-0.3, -0.25) is 4.79 Å². The van der Waals surface area contributed by atoms with E-state index in [0.717, 1.165) is 11.1 Å². The molecule has 24 heavy (non-hydrogen) atoms. The molecule has 1 amide bonds. The summed E-state index contributed by atoms with van der Waals surface area (Å²) in [6, 6.07) is 8.29. The van der Waals surface area contributed by atoms with Gasteiger partial charge >= 0.3 is 0 Å². The van der Waals surface area contributed by atoms with Crippen LogP contribution in [0.1, 0.15) is 21.3 Å². The van der Waals surface area contributed by atoms with Crippen molar-refractivity contribution in [1.29, 1.82) is 0 Å². The Morgan fingerprint density at radius 3 is 2.58 bits per heavy atom. The Morgan fingerprint density at radius 1 is 1.33 bits per heavy atom. The Balaban J connectivity index is 2.15. The first-order valence-corrected chi connectivity index (χ1v) is 10.3. The van der Waals surface area contributed by atoms with Crippen molar-refractivity contribution >= 4 is 38.7 Å². The van der Waals surface area contributed by atoms with Crippen molar-refractivity contribution in [3.63, 3.8) is 0 Å². The maximum Gasteiger partial charge on any atom is 0.251 e. The summed E-state index contributed by atoms with van der Waals surface area (Å²) in [5, 5.41) is 4.96. The minimum atomic E-state index is -3.49. The minimum absolute atomic E-state index is 0.0424. The Hall–Kier alpha value is -1.41. The summed E-state index contributed by atoms with van der Waals surface area (Å²) < 4.78 is 23.4. The van der Waals surface area contributed by atoms with Gasteiger partial charge in [-0.25, -0.2) is 8.42 Å². The summed E-state index contributed by atoms with van der Waals surface area (Å²) in [7, 11) is 0.402. The number of likely N-dealkylation sites (N-methyl/N-ethyl adjacent to an activating group) is 1. The molecule has 0 aliphatic heterocycles. The molecule has 0 saturated carbocycles. The lowest BCUT2D eigenvalue weighted by atomic mass is 10.2. The number of rotatable bonds is 6. The molecule has 0 spiro atoms. The van der Waals surface area contributed by atoms with Gasteiger partial charge in [-0.2, -0.15) is 0 Å². The normalized spacial score (nSPS) is 13.0. The van der Waals surface area contributed by atoms with Gasteiger partial charge in [0.25, 0.3) is 5.91 Å². The maximum absolute atomic E-state index is 12.4. The summed E-state index contributed by atoms with van der Waals surface area (Å²) in [5.41, 5.74) is 0.267. The number of amides is 1. The standard InChI is InChI=1S/C16H19ClN2O3S2/c1-19(2)13(14-5-4-8-23-14)10-18-16(20)11-6-7-12(17)15(9-11)24(3,21)22/h4-9,13H,10H2,1-3H3,(H,18,20)/t13-/m0/s1. The average Bonchev–Trinajstić information content (AvgIpc) is 3.00. The van der Waals surface area contributed by atoms with E-state index in [1.165, 1.54) is 18.2 Å². The number of nitrogens with zero attached hydrogens (tertiary/aromatic N) is 1. The fourth-order valence-corrected chi connectivity index (χ4v) is 4.46. The smallest absolute Gasteiger partial charge is 0.251 e. The van der Waals surface area contributed by atoms with Gasteiger partial charge < -0.3 is 10.2 Å². The summed E-state index contributed by atoms with van der Waals surface area (Å²) in [6.07, 6.45) is 1.06. The van der Waals surface area contributed by atoms with E-state index in [-0.39, 0.29) is 27.4 Å². The number of benzene rings is 1. The quantitative estimate of drug-likeness (QED) is 0.828. The second-order valence-electron chi connectivity index (χ2n) is 5.62. The molecule has 0 aliphatic carbocycles. The van der Waals surface area contributed by atoms with Crippen molar-refractivity contribution in [1.82, 2.24) is 10.2 Å². The van der Waals surface area contributed by atoms with Gasteiger partial charge in [-0.1, -0.05) is 17.7 Å². The van der Waals surface area contributed by atoms with Crippen molar-refractivity contribution in [2.24, 2.45) is 0 Å². The van der Waals surface area contributed by atoms with Gasteiger partial charge in [-0.05, 0) is 43.7 Å². The summed E-state index contributed by atoms with van der Waals surface area (Å²) in [5.74, 6) is -0.333. The number of sulfone groups is 1. The third kappa shape index (κ3) is 4.57. The number of hydrogen-bond donors (Lipinski definition) is 1. The number of carbonyl (C=O) groups is 1. The fourth-order valence-electron chi connectivity index (χ4n) is 2.24. The van der Waals surface area contributed by atoms with E-state index in [4.69, 9.17) is 11.6 Å². The first kappa shape index (κ1) is 18.9. The molecule has 0 fully saturated rings. The van der Waals surface area contributed by atoms with Crippen LogP contribution in [0.15, 0.2) is 40.6 Å². The van der Waals surface area contributed by atoms with E-state index in [1.54, 1.807) is 11.3 Å². The monoisotopic (exact) mass is 386 g/mol. The molecule has 5 nitrogen and oxygen atoms in total. The molecule has 1 aromatic carbocycles. The van der Waals surface area contributed by atoms with Gasteiger partial charge in [0.1, 0.15) is 0 Å². The Bertz CT molecular complexity index is 818. The van der Waals surface area contributed by atoms with E-state index in [1.807, 2.05) is 36.5 Å². The van der Waals surface area contributed by atoms with Crippen LogP contribution in [0.5, 0.6) is 0 Å². The molecule has 1 N–H and O–H groups in total. The van der Waals surface area contributed by atoms with E-state index in [9.17, 15) is 13.2 Å². The molecule has 0 saturated heterocycles. The summed E-state index contributed by atoms with van der Waals surface area (Å²) in [6.45, 7) is 0.420. The number of halogens is 1. The molecule has 1 atom stereocenters. The largest absolute Gasteiger partial charge is 0.350 e. The maximum atomic E-state index is 12.4. The first-order valence-electron chi connectivity index (χ1n) is 7.18. The van der Waals surface area contributed by atoms with Crippen LogP contribution in [0, 0.1) is 0 Å². The van der Waals surface area contributed by atoms with Crippen molar-refractivity contribution in [2.45, 2.75) is 10.9 Å². The Labute approximate surface area is 151 Å². The lowest BCUT2D eigenvalue weighted by Gasteiger charge is -2.23. The SMILES string of the molecule is CN(C)[C@@H](CNC(=O)c1ccc(Cl)c(S(C)(=O)=O)c1)c1cccs1. The molecule has 0 bridgehead atoms. The number of carbonyl (C=O) groups excluding carboxylic acids is 1. The van der Waals surface area contributed by atoms with Crippen molar-refractivity contribution < 1.29 is 13.2 Å². The second kappa shape index (κ2) is 7.65. The molecular weight excluding hydrogens is 368 g/mol. The van der Waals surface area contributed by atoms with E-state index >= 15 is 0 Å². The number of thiophene rings is 1. The van der Waals surface area contributed by atoms with Crippen molar-refractivity contribution in [3.05, 3.63) is 51.2 Å². The van der Waals surface area contributed by atoms with E-state index < -0.39 is 9.84 Å². The topological polar surface area (TPSA) is 66.5 Å². The molecule has 8 heteroatoms. The van der Waals surface area contributed by atoms with E-state index in [0.29, 0.717) is 6.54 Å². The third-order valence-electron chi connectivity index (χ3n) is 3.54. The lowest BCUT2D eigenvalue weighted by Crippen LogP contribution is -2.34. The zero-order valence-electron chi connectivity index (χ0n) is 13.6. The zero-order chi connectivity index (χ0) is 17.9. The van der Waals surface area contributed by atoms with Crippen molar-refractivity contribution in [2.75, 3.05) is 26.9 Å². The molecular formula is C16H19ClN2O3S2. The molecule has 2 rings (SSSR count). The predicted molar refractivity (Wildman–Crippen MR) is 97.6 cm³/mol. The minimum Gasteiger partial charge on any atom is -0.350 e. The Morgan fingerprint density at radius 2 is 2.04 bits per heavy atom. The predicted octanol–water partition coefficient (Wildman–Crippen LogP) is 2.84. The van der Waals surface area contributed by atoms with Crippen molar-refractivity contribution in [3.8, 4) is 0 Å². The summed E-state index contributed by atoms with van der Waals surface area (Å²) >= 11 is 7.53. The molecule has 0 aliphatic rings. The molecule has 2 aromatic rings. The summed E-state index contributed by atoms with van der Waals surface area (Å²) in [4.78, 5) is 15.5.